The summed E-state index contributed by atoms with van der Waals surface area (Å²) in [6.45, 7) is 0.207. The fraction of sp³-hybridized carbons (Fsp3) is 0.400. The molecule has 1 saturated heterocycles. The number of carbonyl (C=O) groups excluding carboxylic acids is 1. The molecular weight excluding hydrogens is 235 g/mol. The van der Waals surface area contributed by atoms with Crippen LogP contribution in [0.25, 0.3) is 0 Å². The average Bonchev–Trinajstić information content (AvgIpc) is 2.60. The van der Waals surface area contributed by atoms with Crippen LogP contribution in [0.15, 0.2) is 12.3 Å². The molecule has 1 aliphatic heterocycles. The van der Waals surface area contributed by atoms with Crippen molar-refractivity contribution in [1.82, 2.24) is 4.98 Å². The number of nitrogens with zero attached hydrogens (tertiary/aromatic N) is 2. The Balaban J connectivity index is 2.28. The van der Waals surface area contributed by atoms with E-state index in [0.29, 0.717) is 6.54 Å². The predicted octanol–water partition coefficient (Wildman–Crippen LogP) is 1.22. The molecule has 1 aromatic heterocycles. The van der Waals surface area contributed by atoms with Crippen LogP contribution in [0, 0.1) is 11.7 Å². The van der Waals surface area contributed by atoms with Crippen molar-refractivity contribution in [1.29, 1.82) is 0 Å². The Morgan fingerprint density at radius 3 is 3.00 bits per heavy atom. The molecule has 1 aromatic rings. The van der Waals surface area contributed by atoms with Gasteiger partial charge in [-0.05, 0) is 6.07 Å². The van der Waals surface area contributed by atoms with Crippen molar-refractivity contribution in [2.75, 3.05) is 18.1 Å². The Morgan fingerprint density at radius 2 is 2.44 bits per heavy atom. The number of hydrogen-bond donors (Lipinski definition) is 1. The number of pyridine rings is 1. The van der Waals surface area contributed by atoms with Crippen LogP contribution >= 0.6 is 11.6 Å². The molecule has 0 spiro atoms. The molecule has 0 aliphatic carbocycles. The molecule has 2 heterocycles. The third kappa shape index (κ3) is 2.01. The summed E-state index contributed by atoms with van der Waals surface area (Å²) in [5, 5.41) is 9.13. The average molecular weight is 245 g/mol. The van der Waals surface area contributed by atoms with Gasteiger partial charge in [0.05, 0.1) is 5.02 Å². The van der Waals surface area contributed by atoms with E-state index >= 15 is 0 Å². The van der Waals surface area contributed by atoms with Gasteiger partial charge in [-0.25, -0.2) is 9.37 Å². The molecule has 1 fully saturated rings. The molecule has 86 valence electrons. The monoisotopic (exact) mass is 244 g/mol. The zero-order valence-corrected chi connectivity index (χ0v) is 9.12. The summed E-state index contributed by atoms with van der Waals surface area (Å²) in [4.78, 5) is 16.6. The van der Waals surface area contributed by atoms with Gasteiger partial charge in [0.1, 0.15) is 0 Å². The van der Waals surface area contributed by atoms with Crippen molar-refractivity contribution in [3.05, 3.63) is 23.1 Å². The maximum atomic E-state index is 13.5. The second-order valence-electron chi connectivity index (χ2n) is 3.72. The van der Waals surface area contributed by atoms with E-state index in [1.165, 1.54) is 11.1 Å². The second-order valence-corrected chi connectivity index (χ2v) is 4.15. The molecule has 0 bridgehead atoms. The highest BCUT2D eigenvalue weighted by Gasteiger charge is 2.32. The summed E-state index contributed by atoms with van der Waals surface area (Å²) in [5.74, 6) is -1.03. The minimum absolute atomic E-state index is 0.0228. The van der Waals surface area contributed by atoms with Crippen LogP contribution in [0.5, 0.6) is 0 Å². The predicted molar refractivity (Wildman–Crippen MR) is 56.8 cm³/mol. The first-order valence-electron chi connectivity index (χ1n) is 4.84. The molecule has 0 aromatic carbocycles. The Kier molecular flexibility index (Phi) is 3.07. The van der Waals surface area contributed by atoms with E-state index in [2.05, 4.69) is 4.98 Å². The zero-order valence-electron chi connectivity index (χ0n) is 8.36. The van der Waals surface area contributed by atoms with Crippen molar-refractivity contribution in [2.24, 2.45) is 5.92 Å². The molecule has 6 heteroatoms. The van der Waals surface area contributed by atoms with Crippen LogP contribution in [-0.4, -0.2) is 29.1 Å². The van der Waals surface area contributed by atoms with Gasteiger partial charge < -0.3 is 5.11 Å². The molecule has 0 radical (unpaired) electrons. The second kappa shape index (κ2) is 4.35. The van der Waals surface area contributed by atoms with Gasteiger partial charge in [0.2, 0.25) is 5.91 Å². The minimum atomic E-state index is -0.626. The molecule has 16 heavy (non-hydrogen) atoms. The van der Waals surface area contributed by atoms with E-state index in [-0.39, 0.29) is 35.7 Å². The van der Waals surface area contributed by atoms with Crippen LogP contribution in [0.1, 0.15) is 6.42 Å². The number of aromatic nitrogens is 1. The Morgan fingerprint density at radius 1 is 1.69 bits per heavy atom. The zero-order chi connectivity index (χ0) is 11.7. The summed E-state index contributed by atoms with van der Waals surface area (Å²) in [6, 6.07) is 1.11. The highest BCUT2D eigenvalue weighted by Crippen LogP contribution is 2.26. The van der Waals surface area contributed by atoms with Gasteiger partial charge in [0.25, 0.3) is 0 Å². The molecule has 1 aliphatic rings. The largest absolute Gasteiger partial charge is 0.396 e. The van der Waals surface area contributed by atoms with Crippen molar-refractivity contribution in [3.63, 3.8) is 0 Å². The summed E-state index contributed by atoms with van der Waals surface area (Å²) in [5.41, 5.74) is 0. The Hall–Kier alpha value is -1.20. The van der Waals surface area contributed by atoms with E-state index in [0.717, 1.165) is 6.07 Å². The maximum absolute atomic E-state index is 13.5. The first-order chi connectivity index (χ1) is 7.61. The number of rotatable bonds is 2. The van der Waals surface area contributed by atoms with E-state index in [1.807, 2.05) is 0 Å². The van der Waals surface area contributed by atoms with Crippen LogP contribution in [0.2, 0.25) is 5.02 Å². The third-order valence-electron chi connectivity index (χ3n) is 2.51. The number of hydrogen-bond acceptors (Lipinski definition) is 3. The van der Waals surface area contributed by atoms with Gasteiger partial charge in [-0.1, -0.05) is 11.6 Å². The molecular formula is C10H10ClFN2O2. The van der Waals surface area contributed by atoms with E-state index in [9.17, 15) is 9.18 Å². The molecule has 4 nitrogen and oxygen atoms in total. The van der Waals surface area contributed by atoms with Gasteiger partial charge >= 0.3 is 0 Å². The van der Waals surface area contributed by atoms with Gasteiger partial charge in [0.15, 0.2) is 11.6 Å². The summed E-state index contributed by atoms with van der Waals surface area (Å²) >= 11 is 5.57. The lowest BCUT2D eigenvalue weighted by Gasteiger charge is -2.15. The SMILES string of the molecule is O=C1CC(CO)CN1c1ncc(Cl)cc1F. The van der Waals surface area contributed by atoms with Crippen molar-refractivity contribution in [3.8, 4) is 0 Å². The van der Waals surface area contributed by atoms with E-state index in [4.69, 9.17) is 16.7 Å². The highest BCUT2D eigenvalue weighted by atomic mass is 35.5. The fourth-order valence-electron chi connectivity index (χ4n) is 1.71. The molecule has 1 amide bonds. The van der Waals surface area contributed by atoms with E-state index in [1.54, 1.807) is 0 Å². The number of amides is 1. The van der Waals surface area contributed by atoms with Crippen molar-refractivity contribution >= 4 is 23.3 Å². The fourth-order valence-corrected chi connectivity index (χ4v) is 1.86. The first kappa shape index (κ1) is 11.3. The van der Waals surface area contributed by atoms with Crippen molar-refractivity contribution in [2.45, 2.75) is 6.42 Å². The number of halogens is 2. The summed E-state index contributed by atoms with van der Waals surface area (Å²) in [7, 11) is 0. The number of aliphatic hydroxyl groups is 1. The Labute approximate surface area is 96.7 Å². The standard InChI is InChI=1S/C10H10ClFN2O2/c11-7-2-8(12)10(13-3-7)14-4-6(5-15)1-9(14)16/h2-3,6,15H,1,4-5H2. The lowest BCUT2D eigenvalue weighted by molar-refractivity contribution is -0.117. The molecule has 2 rings (SSSR count). The normalized spacial score (nSPS) is 20.6. The number of aliphatic hydroxyl groups excluding tert-OH is 1. The van der Waals surface area contributed by atoms with Gasteiger partial charge in [-0.3, -0.25) is 9.69 Å². The summed E-state index contributed by atoms with van der Waals surface area (Å²) in [6.07, 6.45) is 1.51. The quantitative estimate of drug-likeness (QED) is 0.851. The third-order valence-corrected chi connectivity index (χ3v) is 2.71. The molecule has 1 N–H and O–H groups in total. The summed E-state index contributed by atoms with van der Waals surface area (Å²) < 4.78 is 13.5. The van der Waals surface area contributed by atoms with Crippen LogP contribution in [0.3, 0.4) is 0 Å². The Bertz CT molecular complexity index is 427. The van der Waals surface area contributed by atoms with Crippen LogP contribution in [-0.2, 0) is 4.79 Å². The maximum Gasteiger partial charge on any atom is 0.228 e. The minimum Gasteiger partial charge on any atom is -0.396 e. The van der Waals surface area contributed by atoms with Crippen molar-refractivity contribution < 1.29 is 14.3 Å². The molecule has 0 saturated carbocycles. The number of anilines is 1. The lowest BCUT2D eigenvalue weighted by atomic mass is 10.1. The molecule has 1 unspecified atom stereocenters. The van der Waals surface area contributed by atoms with Gasteiger partial charge in [0, 0.05) is 31.7 Å². The van der Waals surface area contributed by atoms with Crippen LogP contribution in [0.4, 0.5) is 10.2 Å². The van der Waals surface area contributed by atoms with Gasteiger partial charge in [-0.15, -0.1) is 0 Å². The van der Waals surface area contributed by atoms with Crippen LogP contribution < -0.4 is 4.90 Å². The van der Waals surface area contributed by atoms with E-state index < -0.39 is 5.82 Å². The smallest absolute Gasteiger partial charge is 0.228 e. The first-order valence-corrected chi connectivity index (χ1v) is 5.22. The highest BCUT2D eigenvalue weighted by molar-refractivity contribution is 6.30. The molecule has 1 atom stereocenters. The topological polar surface area (TPSA) is 53.4 Å². The number of carbonyl (C=O) groups is 1. The van der Waals surface area contributed by atoms with Gasteiger partial charge in [-0.2, -0.15) is 0 Å². The lowest BCUT2D eigenvalue weighted by Crippen LogP contribution is -2.26.